The second-order valence-electron chi connectivity index (χ2n) is 3.25. The third-order valence-corrected chi connectivity index (χ3v) is 2.34. The molecule has 2 rings (SSSR count). The number of carbonyl (C=O) groups excluding carboxylic acids is 1. The van der Waals surface area contributed by atoms with Crippen molar-refractivity contribution >= 4 is 5.78 Å². The van der Waals surface area contributed by atoms with Gasteiger partial charge in [0.15, 0.2) is 5.78 Å². The van der Waals surface area contributed by atoms with Gasteiger partial charge in [-0.15, -0.1) is 0 Å². The fourth-order valence-electron chi connectivity index (χ4n) is 1.66. The quantitative estimate of drug-likeness (QED) is 0.617. The molecule has 0 heterocycles. The molecule has 2 heteroatoms. The molecule has 70 valence electrons. The second-order valence-corrected chi connectivity index (χ2v) is 3.25. The van der Waals surface area contributed by atoms with Gasteiger partial charge in [-0.25, -0.2) is 0 Å². The maximum absolute atomic E-state index is 11.4. The fourth-order valence-corrected chi connectivity index (χ4v) is 1.66. The summed E-state index contributed by atoms with van der Waals surface area (Å²) in [5.74, 6) is 5.56. The minimum atomic E-state index is -0.148. The highest BCUT2D eigenvalue weighted by Crippen LogP contribution is 2.22. The van der Waals surface area contributed by atoms with Crippen LogP contribution in [0.1, 0.15) is 27.9 Å². The average Bonchev–Trinajstić information content (AvgIpc) is 2.57. The van der Waals surface area contributed by atoms with Gasteiger partial charge in [0.1, 0.15) is 6.61 Å². The van der Waals surface area contributed by atoms with Gasteiger partial charge < -0.3 is 5.11 Å². The number of hydrogen-bond donors (Lipinski definition) is 1. The van der Waals surface area contributed by atoms with E-state index in [1.54, 1.807) is 0 Å². The van der Waals surface area contributed by atoms with E-state index in [1.165, 1.54) is 0 Å². The lowest BCUT2D eigenvalue weighted by Gasteiger charge is -1.97. The standard InChI is InChI=1S/C12H10O2/c13-7-1-2-9-3-4-10-5-6-12(14)11(10)8-9/h3-4,8,13H,5-7H2. The highest BCUT2D eigenvalue weighted by Gasteiger charge is 2.18. The summed E-state index contributed by atoms with van der Waals surface area (Å²) in [7, 11) is 0. The zero-order chi connectivity index (χ0) is 9.97. The van der Waals surface area contributed by atoms with Crippen molar-refractivity contribution in [3.63, 3.8) is 0 Å². The van der Waals surface area contributed by atoms with Gasteiger partial charge in [0.05, 0.1) is 0 Å². The largest absolute Gasteiger partial charge is 0.384 e. The highest BCUT2D eigenvalue weighted by atomic mass is 16.2. The van der Waals surface area contributed by atoms with Crippen LogP contribution in [0.25, 0.3) is 0 Å². The van der Waals surface area contributed by atoms with Crippen LogP contribution in [0.4, 0.5) is 0 Å². The first-order valence-corrected chi connectivity index (χ1v) is 4.57. The predicted molar refractivity (Wildman–Crippen MR) is 53.1 cm³/mol. The molecule has 0 fully saturated rings. The van der Waals surface area contributed by atoms with Crippen LogP contribution in [0.15, 0.2) is 18.2 Å². The van der Waals surface area contributed by atoms with Crippen LogP contribution in [0.2, 0.25) is 0 Å². The van der Waals surface area contributed by atoms with Crippen molar-refractivity contribution in [2.45, 2.75) is 12.8 Å². The molecule has 0 saturated heterocycles. The van der Waals surface area contributed by atoms with Gasteiger partial charge in [-0.05, 0) is 24.1 Å². The summed E-state index contributed by atoms with van der Waals surface area (Å²) in [4.78, 5) is 11.4. The van der Waals surface area contributed by atoms with Crippen molar-refractivity contribution in [2.75, 3.05) is 6.61 Å². The summed E-state index contributed by atoms with van der Waals surface area (Å²) in [6.45, 7) is -0.148. The number of benzene rings is 1. The number of carbonyl (C=O) groups is 1. The van der Waals surface area contributed by atoms with Crippen LogP contribution in [0.3, 0.4) is 0 Å². The Kier molecular flexibility index (Phi) is 2.34. The Morgan fingerprint density at radius 2 is 2.21 bits per heavy atom. The summed E-state index contributed by atoms with van der Waals surface area (Å²) >= 11 is 0. The van der Waals surface area contributed by atoms with Crippen molar-refractivity contribution in [1.29, 1.82) is 0 Å². The maximum Gasteiger partial charge on any atom is 0.163 e. The zero-order valence-corrected chi connectivity index (χ0v) is 7.71. The van der Waals surface area contributed by atoms with Crippen LogP contribution in [0.5, 0.6) is 0 Å². The molecule has 0 aliphatic heterocycles. The van der Waals surface area contributed by atoms with Gasteiger partial charge in [-0.1, -0.05) is 17.9 Å². The number of Topliss-reactive ketones (excluding diaryl/α,β-unsaturated/α-hetero) is 1. The van der Waals surface area contributed by atoms with Gasteiger partial charge >= 0.3 is 0 Å². The Morgan fingerprint density at radius 1 is 1.36 bits per heavy atom. The minimum Gasteiger partial charge on any atom is -0.384 e. The van der Waals surface area contributed by atoms with Crippen LogP contribution in [-0.2, 0) is 6.42 Å². The SMILES string of the molecule is O=C1CCc2ccc(C#CCO)cc21. The Bertz CT molecular complexity index is 435. The lowest BCUT2D eigenvalue weighted by atomic mass is 10.1. The fraction of sp³-hybridized carbons (Fsp3) is 0.250. The Morgan fingerprint density at radius 3 is 3.00 bits per heavy atom. The highest BCUT2D eigenvalue weighted by molar-refractivity contribution is 6.00. The summed E-state index contributed by atoms with van der Waals surface area (Å²) in [5, 5.41) is 8.53. The van der Waals surface area contributed by atoms with E-state index in [-0.39, 0.29) is 12.4 Å². The van der Waals surface area contributed by atoms with Crippen molar-refractivity contribution in [3.8, 4) is 11.8 Å². The normalized spacial score (nSPS) is 13.4. The Hall–Kier alpha value is -1.59. The number of aliphatic hydroxyl groups excluding tert-OH is 1. The lowest BCUT2D eigenvalue weighted by molar-refractivity contribution is 0.0994. The first-order valence-electron chi connectivity index (χ1n) is 4.57. The maximum atomic E-state index is 11.4. The molecule has 2 nitrogen and oxygen atoms in total. The summed E-state index contributed by atoms with van der Waals surface area (Å²) in [6.07, 6.45) is 1.47. The van der Waals surface area contributed by atoms with E-state index in [9.17, 15) is 4.79 Å². The van der Waals surface area contributed by atoms with Gasteiger partial charge in [0.25, 0.3) is 0 Å². The molecule has 0 amide bonds. The molecule has 1 aliphatic rings. The molecule has 0 atom stereocenters. The molecule has 14 heavy (non-hydrogen) atoms. The molecule has 0 spiro atoms. The van der Waals surface area contributed by atoms with Crippen molar-refractivity contribution in [2.24, 2.45) is 0 Å². The molecule has 0 saturated carbocycles. The van der Waals surface area contributed by atoms with Crippen LogP contribution in [0, 0.1) is 11.8 Å². The van der Waals surface area contributed by atoms with Crippen molar-refractivity contribution in [3.05, 3.63) is 34.9 Å². The molecule has 0 unspecified atom stereocenters. The average molecular weight is 186 g/mol. The third-order valence-electron chi connectivity index (χ3n) is 2.34. The van der Waals surface area contributed by atoms with E-state index in [1.807, 2.05) is 18.2 Å². The van der Waals surface area contributed by atoms with Gasteiger partial charge in [-0.3, -0.25) is 4.79 Å². The van der Waals surface area contributed by atoms with E-state index < -0.39 is 0 Å². The molecular formula is C12H10O2. The van der Waals surface area contributed by atoms with Crippen LogP contribution in [-0.4, -0.2) is 17.5 Å². The number of fused-ring (bicyclic) bond motifs is 1. The number of ketones is 1. The number of aliphatic hydroxyl groups is 1. The summed E-state index contributed by atoms with van der Waals surface area (Å²) < 4.78 is 0. The Labute approximate surface area is 82.6 Å². The number of aryl methyl sites for hydroxylation is 1. The molecular weight excluding hydrogens is 176 g/mol. The summed E-state index contributed by atoms with van der Waals surface area (Å²) in [6, 6.07) is 5.65. The molecule has 0 aromatic heterocycles. The number of rotatable bonds is 0. The Balaban J connectivity index is 2.39. The van der Waals surface area contributed by atoms with E-state index in [2.05, 4.69) is 11.8 Å². The zero-order valence-electron chi connectivity index (χ0n) is 7.71. The molecule has 1 aromatic rings. The van der Waals surface area contributed by atoms with E-state index in [0.717, 1.165) is 23.1 Å². The second kappa shape index (κ2) is 3.65. The van der Waals surface area contributed by atoms with Crippen molar-refractivity contribution in [1.82, 2.24) is 0 Å². The third kappa shape index (κ3) is 1.55. The smallest absolute Gasteiger partial charge is 0.163 e. The van der Waals surface area contributed by atoms with Gasteiger partial charge in [-0.2, -0.15) is 0 Å². The molecule has 1 aromatic carbocycles. The summed E-state index contributed by atoms with van der Waals surface area (Å²) in [5.41, 5.74) is 2.72. The lowest BCUT2D eigenvalue weighted by Crippen LogP contribution is -1.91. The van der Waals surface area contributed by atoms with E-state index in [4.69, 9.17) is 5.11 Å². The molecule has 1 N–H and O–H groups in total. The first kappa shape index (κ1) is 8.98. The minimum absolute atomic E-state index is 0.148. The number of hydrogen-bond acceptors (Lipinski definition) is 2. The van der Waals surface area contributed by atoms with Gasteiger partial charge in [0, 0.05) is 17.5 Å². The molecule has 0 bridgehead atoms. The molecule has 0 radical (unpaired) electrons. The van der Waals surface area contributed by atoms with E-state index in [0.29, 0.717) is 6.42 Å². The van der Waals surface area contributed by atoms with E-state index >= 15 is 0 Å². The van der Waals surface area contributed by atoms with Crippen LogP contribution < -0.4 is 0 Å². The van der Waals surface area contributed by atoms with Crippen molar-refractivity contribution < 1.29 is 9.90 Å². The van der Waals surface area contributed by atoms with Gasteiger partial charge in [0.2, 0.25) is 0 Å². The monoisotopic (exact) mass is 186 g/mol. The topological polar surface area (TPSA) is 37.3 Å². The molecule has 1 aliphatic carbocycles. The van der Waals surface area contributed by atoms with Crippen LogP contribution >= 0.6 is 0 Å². The first-order chi connectivity index (χ1) is 6.81. The predicted octanol–water partition coefficient (Wildman–Crippen LogP) is 1.16.